The molecule has 0 saturated carbocycles. The number of benzene rings is 2. The maximum Gasteiger partial charge on any atom is 0.310 e. The van der Waals surface area contributed by atoms with E-state index >= 15 is 0 Å². The summed E-state index contributed by atoms with van der Waals surface area (Å²) in [6.45, 7) is 1.74. The molecule has 1 aliphatic heterocycles. The lowest BCUT2D eigenvalue weighted by molar-refractivity contribution is -0.147. The fourth-order valence-electron chi connectivity index (χ4n) is 3.16. The van der Waals surface area contributed by atoms with Crippen molar-refractivity contribution in [2.24, 2.45) is 0 Å². The molecule has 1 aliphatic rings. The number of hydrogen-bond donors (Lipinski definition) is 0. The third-order valence-corrected chi connectivity index (χ3v) is 5.53. The van der Waals surface area contributed by atoms with Gasteiger partial charge in [-0.1, -0.05) is 12.1 Å². The van der Waals surface area contributed by atoms with Crippen molar-refractivity contribution >= 4 is 39.1 Å². The predicted molar refractivity (Wildman–Crippen MR) is 103 cm³/mol. The van der Waals surface area contributed by atoms with Crippen LogP contribution in [0, 0.1) is 17.5 Å². The number of halogens is 3. The Labute approximate surface area is 172 Å². The van der Waals surface area contributed by atoms with Crippen LogP contribution in [-0.2, 0) is 20.9 Å². The summed E-state index contributed by atoms with van der Waals surface area (Å²) in [6, 6.07) is 7.53. The third-order valence-electron chi connectivity index (χ3n) is 4.48. The van der Waals surface area contributed by atoms with E-state index in [-0.39, 0.29) is 34.8 Å². The Kier molecular flexibility index (Phi) is 5.33. The normalized spacial score (nSPS) is 15.8. The highest BCUT2D eigenvalue weighted by Crippen LogP contribution is 2.37. The molecular weight excluding hydrogens is 421 g/mol. The zero-order chi connectivity index (χ0) is 21.4. The molecule has 156 valence electrons. The van der Waals surface area contributed by atoms with Crippen molar-refractivity contribution in [3.8, 4) is 5.75 Å². The molecule has 10 heteroatoms. The van der Waals surface area contributed by atoms with Gasteiger partial charge in [0.25, 0.3) is 5.91 Å². The SMILES string of the molecule is CCOC(=O)CC1Oc2ccccc2N(Cc2nc3cc(F)c(F)c(F)c3s2)C1=O. The number of amides is 1. The van der Waals surface area contributed by atoms with E-state index in [0.29, 0.717) is 11.4 Å². The molecule has 3 aromatic rings. The molecule has 1 aromatic heterocycles. The van der Waals surface area contributed by atoms with Gasteiger partial charge in [-0.2, -0.15) is 0 Å². The molecular formula is C20H15F3N2O4S. The summed E-state index contributed by atoms with van der Waals surface area (Å²) >= 11 is 0.821. The lowest BCUT2D eigenvalue weighted by atomic mass is 10.1. The molecule has 4 rings (SSSR count). The molecule has 0 radical (unpaired) electrons. The van der Waals surface area contributed by atoms with Gasteiger partial charge in [-0.15, -0.1) is 11.3 Å². The molecule has 2 heterocycles. The number of esters is 1. The van der Waals surface area contributed by atoms with Crippen molar-refractivity contribution in [3.05, 3.63) is 52.8 Å². The summed E-state index contributed by atoms with van der Waals surface area (Å²) < 4.78 is 51.5. The van der Waals surface area contributed by atoms with Gasteiger partial charge in [0.2, 0.25) is 0 Å². The second kappa shape index (κ2) is 7.94. The highest BCUT2D eigenvalue weighted by atomic mass is 32.1. The number of fused-ring (bicyclic) bond motifs is 2. The summed E-state index contributed by atoms with van der Waals surface area (Å²) in [4.78, 5) is 30.3. The molecule has 0 N–H and O–H groups in total. The van der Waals surface area contributed by atoms with Crippen LogP contribution in [0.1, 0.15) is 18.4 Å². The Bertz CT molecular complexity index is 1150. The Morgan fingerprint density at radius 2 is 2.03 bits per heavy atom. The first-order chi connectivity index (χ1) is 14.4. The van der Waals surface area contributed by atoms with Crippen LogP contribution in [0.4, 0.5) is 18.9 Å². The maximum absolute atomic E-state index is 14.0. The number of thiazole rings is 1. The lowest BCUT2D eigenvalue weighted by Crippen LogP contribution is -2.46. The van der Waals surface area contributed by atoms with E-state index in [1.807, 2.05) is 0 Å². The van der Waals surface area contributed by atoms with Crippen LogP contribution >= 0.6 is 11.3 Å². The van der Waals surface area contributed by atoms with Gasteiger partial charge < -0.3 is 9.47 Å². The number of ether oxygens (including phenoxy) is 2. The van der Waals surface area contributed by atoms with E-state index < -0.39 is 35.4 Å². The van der Waals surface area contributed by atoms with Gasteiger partial charge in [0, 0.05) is 6.07 Å². The van der Waals surface area contributed by atoms with Crippen LogP contribution in [0.25, 0.3) is 10.2 Å². The molecule has 0 aliphatic carbocycles. The second-order valence-corrected chi connectivity index (χ2v) is 7.53. The van der Waals surface area contributed by atoms with Crippen LogP contribution < -0.4 is 9.64 Å². The molecule has 1 atom stereocenters. The molecule has 0 fully saturated rings. The van der Waals surface area contributed by atoms with E-state index in [0.717, 1.165) is 17.4 Å². The van der Waals surface area contributed by atoms with Gasteiger partial charge in [0.05, 0.1) is 35.5 Å². The van der Waals surface area contributed by atoms with E-state index in [1.165, 1.54) is 4.90 Å². The fourth-order valence-corrected chi connectivity index (χ4v) is 4.12. The number of carbonyl (C=O) groups is 2. The number of carbonyl (C=O) groups excluding carboxylic acids is 2. The van der Waals surface area contributed by atoms with E-state index in [2.05, 4.69) is 4.98 Å². The van der Waals surface area contributed by atoms with Crippen LogP contribution in [0.3, 0.4) is 0 Å². The number of para-hydroxylation sites is 2. The number of rotatable bonds is 5. The van der Waals surface area contributed by atoms with Gasteiger partial charge in [0.1, 0.15) is 10.8 Å². The summed E-state index contributed by atoms with van der Waals surface area (Å²) in [5, 5.41) is 0.272. The van der Waals surface area contributed by atoms with Crippen molar-refractivity contribution in [1.29, 1.82) is 0 Å². The average molecular weight is 436 g/mol. The van der Waals surface area contributed by atoms with Gasteiger partial charge in [-0.05, 0) is 19.1 Å². The predicted octanol–water partition coefficient (Wildman–Crippen LogP) is 3.96. The van der Waals surface area contributed by atoms with Crippen molar-refractivity contribution in [3.63, 3.8) is 0 Å². The second-order valence-electron chi connectivity index (χ2n) is 6.45. The topological polar surface area (TPSA) is 68.7 Å². The van der Waals surface area contributed by atoms with E-state index in [9.17, 15) is 22.8 Å². The maximum atomic E-state index is 14.0. The van der Waals surface area contributed by atoms with E-state index in [1.54, 1.807) is 31.2 Å². The Balaban J connectivity index is 1.68. The van der Waals surface area contributed by atoms with E-state index in [4.69, 9.17) is 9.47 Å². The highest BCUT2D eigenvalue weighted by molar-refractivity contribution is 7.18. The molecule has 1 amide bonds. The fraction of sp³-hybridized carbons (Fsp3) is 0.250. The summed E-state index contributed by atoms with van der Waals surface area (Å²) in [5.41, 5.74) is 0.406. The van der Waals surface area contributed by atoms with Gasteiger partial charge >= 0.3 is 5.97 Å². The minimum absolute atomic E-state index is 0.0385. The molecule has 6 nitrogen and oxygen atoms in total. The minimum Gasteiger partial charge on any atom is -0.478 e. The largest absolute Gasteiger partial charge is 0.478 e. The number of hydrogen-bond acceptors (Lipinski definition) is 6. The smallest absolute Gasteiger partial charge is 0.310 e. The van der Waals surface area contributed by atoms with Gasteiger partial charge in [-0.25, -0.2) is 18.2 Å². The van der Waals surface area contributed by atoms with Crippen molar-refractivity contribution in [1.82, 2.24) is 4.98 Å². The molecule has 2 aromatic carbocycles. The first-order valence-electron chi connectivity index (χ1n) is 9.04. The Morgan fingerprint density at radius 1 is 1.27 bits per heavy atom. The summed E-state index contributed by atoms with van der Waals surface area (Å²) in [7, 11) is 0. The number of aromatic nitrogens is 1. The van der Waals surface area contributed by atoms with Crippen molar-refractivity contribution in [2.75, 3.05) is 11.5 Å². The zero-order valence-electron chi connectivity index (χ0n) is 15.7. The quantitative estimate of drug-likeness (QED) is 0.447. The zero-order valence-corrected chi connectivity index (χ0v) is 16.5. The molecule has 0 spiro atoms. The monoisotopic (exact) mass is 436 g/mol. The minimum atomic E-state index is -1.57. The Hall–Kier alpha value is -3.14. The number of anilines is 1. The molecule has 0 bridgehead atoms. The molecule has 0 saturated heterocycles. The first-order valence-corrected chi connectivity index (χ1v) is 9.86. The summed E-state index contributed by atoms with van der Waals surface area (Å²) in [5.74, 6) is -4.92. The average Bonchev–Trinajstić information content (AvgIpc) is 3.12. The van der Waals surface area contributed by atoms with Crippen LogP contribution in [0.2, 0.25) is 0 Å². The van der Waals surface area contributed by atoms with Crippen LogP contribution in [-0.4, -0.2) is 29.6 Å². The molecule has 30 heavy (non-hydrogen) atoms. The Morgan fingerprint density at radius 3 is 2.80 bits per heavy atom. The highest BCUT2D eigenvalue weighted by Gasteiger charge is 2.36. The molecule has 1 unspecified atom stereocenters. The first kappa shape index (κ1) is 20.1. The van der Waals surface area contributed by atoms with Crippen LogP contribution in [0.15, 0.2) is 30.3 Å². The summed E-state index contributed by atoms with van der Waals surface area (Å²) in [6.07, 6.45) is -1.37. The van der Waals surface area contributed by atoms with Crippen LogP contribution in [0.5, 0.6) is 5.75 Å². The van der Waals surface area contributed by atoms with Gasteiger partial charge in [0.15, 0.2) is 23.6 Å². The number of nitrogens with zero attached hydrogens (tertiary/aromatic N) is 2. The van der Waals surface area contributed by atoms with Crippen molar-refractivity contribution < 1.29 is 32.2 Å². The lowest BCUT2D eigenvalue weighted by Gasteiger charge is -2.33. The van der Waals surface area contributed by atoms with Crippen molar-refractivity contribution in [2.45, 2.75) is 26.0 Å². The standard InChI is InChI=1S/C20H15F3N2O4S/c1-2-28-16(26)8-14-20(27)25(12-5-3-4-6-13(12)29-14)9-15-24-11-7-10(21)17(22)18(23)19(11)30-15/h3-7,14H,2,8-9H2,1H3. The van der Waals surface area contributed by atoms with Gasteiger partial charge in [-0.3, -0.25) is 14.5 Å². The third kappa shape index (κ3) is 3.58.